The number of nitrogen functional groups attached to an aromatic ring is 1. The molecule has 0 spiro atoms. The lowest BCUT2D eigenvalue weighted by molar-refractivity contribution is 1.09. The quantitative estimate of drug-likeness (QED) is 0.788. The number of nitrogens with zero attached hydrogens (tertiary/aromatic N) is 2. The lowest BCUT2D eigenvalue weighted by Crippen LogP contribution is -1.84. The fourth-order valence-corrected chi connectivity index (χ4v) is 1.55. The Morgan fingerprint density at radius 2 is 2.07 bits per heavy atom. The summed E-state index contributed by atoms with van der Waals surface area (Å²) in [6.45, 7) is 0. The molecule has 0 radical (unpaired) electrons. The Kier molecular flexibility index (Phi) is 2.31. The van der Waals surface area contributed by atoms with Crippen molar-refractivity contribution in [3.8, 4) is 11.4 Å². The van der Waals surface area contributed by atoms with Crippen LogP contribution in [0.3, 0.4) is 0 Å². The van der Waals surface area contributed by atoms with E-state index in [4.69, 9.17) is 28.9 Å². The zero-order valence-electron chi connectivity index (χ0n) is 6.96. The normalized spacial score (nSPS) is 10.4. The summed E-state index contributed by atoms with van der Waals surface area (Å²) in [6.07, 6.45) is 1.51. The first-order valence-electron chi connectivity index (χ1n) is 3.79. The van der Waals surface area contributed by atoms with Gasteiger partial charge in [0, 0.05) is 12.3 Å². The monoisotopic (exact) mass is 228 g/mol. The minimum Gasteiger partial charge on any atom is -0.382 e. The van der Waals surface area contributed by atoms with Crippen LogP contribution in [0.2, 0.25) is 10.0 Å². The van der Waals surface area contributed by atoms with Crippen LogP contribution in [0.1, 0.15) is 0 Å². The van der Waals surface area contributed by atoms with Gasteiger partial charge in [0.05, 0.1) is 15.7 Å². The van der Waals surface area contributed by atoms with Crippen molar-refractivity contribution in [1.29, 1.82) is 0 Å². The first-order valence-corrected chi connectivity index (χ1v) is 4.54. The van der Waals surface area contributed by atoms with Crippen LogP contribution in [0.25, 0.3) is 11.4 Å². The van der Waals surface area contributed by atoms with Gasteiger partial charge in [-0.25, -0.2) is 0 Å². The van der Waals surface area contributed by atoms with E-state index < -0.39 is 0 Å². The molecule has 0 saturated carbocycles. The van der Waals surface area contributed by atoms with E-state index in [9.17, 15) is 0 Å². The zero-order chi connectivity index (χ0) is 10.1. The Balaban J connectivity index is 2.52. The standard InChI is InChI=1S/C8H6Cl2N4/c9-4-1-5(10)8(12-3-4)6-2-7(11)14-13-6/h1-3H,(H3,11,13,14). The second kappa shape index (κ2) is 3.48. The summed E-state index contributed by atoms with van der Waals surface area (Å²) in [7, 11) is 0. The summed E-state index contributed by atoms with van der Waals surface area (Å²) < 4.78 is 0. The Morgan fingerprint density at radius 3 is 2.64 bits per heavy atom. The number of hydrogen-bond donors (Lipinski definition) is 2. The highest BCUT2D eigenvalue weighted by atomic mass is 35.5. The van der Waals surface area contributed by atoms with E-state index in [-0.39, 0.29) is 0 Å². The molecule has 0 unspecified atom stereocenters. The number of pyridine rings is 1. The van der Waals surface area contributed by atoms with Gasteiger partial charge in [0.25, 0.3) is 0 Å². The average molecular weight is 229 g/mol. The molecule has 0 atom stereocenters. The number of nitrogens with one attached hydrogen (secondary N) is 1. The minimum atomic E-state index is 0.396. The van der Waals surface area contributed by atoms with Crippen LogP contribution in [0, 0.1) is 0 Å². The fourth-order valence-electron chi connectivity index (χ4n) is 1.07. The number of aromatic amines is 1. The Morgan fingerprint density at radius 1 is 1.29 bits per heavy atom. The Bertz CT molecular complexity index is 466. The van der Waals surface area contributed by atoms with Gasteiger partial charge in [0.15, 0.2) is 0 Å². The van der Waals surface area contributed by atoms with Gasteiger partial charge >= 0.3 is 0 Å². The summed E-state index contributed by atoms with van der Waals surface area (Å²) in [4.78, 5) is 4.07. The predicted molar refractivity (Wildman–Crippen MR) is 56.3 cm³/mol. The summed E-state index contributed by atoms with van der Waals surface area (Å²) in [5, 5.41) is 7.45. The molecule has 2 aromatic rings. The van der Waals surface area contributed by atoms with Gasteiger partial charge in [-0.2, -0.15) is 5.10 Å². The lowest BCUT2D eigenvalue weighted by Gasteiger charge is -1.99. The highest BCUT2D eigenvalue weighted by molar-refractivity contribution is 6.35. The summed E-state index contributed by atoms with van der Waals surface area (Å²) in [6, 6.07) is 3.27. The molecule has 72 valence electrons. The predicted octanol–water partition coefficient (Wildman–Crippen LogP) is 2.36. The van der Waals surface area contributed by atoms with Crippen molar-refractivity contribution in [1.82, 2.24) is 15.2 Å². The number of hydrogen-bond acceptors (Lipinski definition) is 3. The largest absolute Gasteiger partial charge is 0.382 e. The molecule has 0 aromatic carbocycles. The van der Waals surface area contributed by atoms with E-state index in [1.165, 1.54) is 6.20 Å². The summed E-state index contributed by atoms with van der Waals surface area (Å²) >= 11 is 11.6. The lowest BCUT2D eigenvalue weighted by atomic mass is 10.3. The van der Waals surface area contributed by atoms with Crippen molar-refractivity contribution >= 4 is 29.0 Å². The molecule has 0 saturated heterocycles. The molecule has 14 heavy (non-hydrogen) atoms. The molecule has 2 aromatic heterocycles. The van der Waals surface area contributed by atoms with E-state index in [0.717, 1.165) is 0 Å². The van der Waals surface area contributed by atoms with Crippen LogP contribution in [-0.2, 0) is 0 Å². The SMILES string of the molecule is Nc1cc(-c2ncc(Cl)cc2Cl)[nH]n1. The van der Waals surface area contributed by atoms with Gasteiger partial charge < -0.3 is 5.73 Å². The van der Waals surface area contributed by atoms with Crippen molar-refractivity contribution in [2.45, 2.75) is 0 Å². The molecule has 0 amide bonds. The maximum Gasteiger partial charge on any atom is 0.145 e. The minimum absolute atomic E-state index is 0.396. The molecule has 3 N–H and O–H groups in total. The van der Waals surface area contributed by atoms with Gasteiger partial charge in [0.1, 0.15) is 11.5 Å². The molecule has 6 heteroatoms. The number of halogens is 2. The van der Waals surface area contributed by atoms with Crippen LogP contribution in [-0.4, -0.2) is 15.2 Å². The van der Waals surface area contributed by atoms with Gasteiger partial charge in [0.2, 0.25) is 0 Å². The molecular formula is C8H6Cl2N4. The molecule has 0 bridgehead atoms. The second-order valence-electron chi connectivity index (χ2n) is 2.69. The van der Waals surface area contributed by atoms with Crippen LogP contribution >= 0.6 is 23.2 Å². The van der Waals surface area contributed by atoms with Crippen molar-refractivity contribution in [2.75, 3.05) is 5.73 Å². The van der Waals surface area contributed by atoms with E-state index in [0.29, 0.717) is 27.3 Å². The molecule has 2 heterocycles. The fraction of sp³-hybridized carbons (Fsp3) is 0. The number of H-pyrrole nitrogens is 1. The van der Waals surface area contributed by atoms with E-state index >= 15 is 0 Å². The zero-order valence-corrected chi connectivity index (χ0v) is 8.47. The molecule has 0 aliphatic rings. The summed E-state index contributed by atoms with van der Waals surface area (Å²) in [5.41, 5.74) is 6.71. The van der Waals surface area contributed by atoms with Crippen molar-refractivity contribution in [2.24, 2.45) is 0 Å². The van der Waals surface area contributed by atoms with Crippen LogP contribution in [0.15, 0.2) is 18.3 Å². The topological polar surface area (TPSA) is 67.6 Å². The average Bonchev–Trinajstić information content (AvgIpc) is 2.51. The first-order chi connectivity index (χ1) is 6.66. The van der Waals surface area contributed by atoms with Crippen LogP contribution < -0.4 is 5.73 Å². The molecular weight excluding hydrogens is 223 g/mol. The molecule has 0 fully saturated rings. The third kappa shape index (κ3) is 1.66. The van der Waals surface area contributed by atoms with Crippen molar-refractivity contribution in [3.63, 3.8) is 0 Å². The number of anilines is 1. The van der Waals surface area contributed by atoms with Gasteiger partial charge in [-0.3, -0.25) is 10.1 Å². The Hall–Kier alpha value is -1.26. The number of aromatic nitrogens is 3. The first kappa shape index (κ1) is 9.30. The second-order valence-corrected chi connectivity index (χ2v) is 3.53. The van der Waals surface area contributed by atoms with Crippen molar-refractivity contribution in [3.05, 3.63) is 28.4 Å². The molecule has 4 nitrogen and oxygen atoms in total. The van der Waals surface area contributed by atoms with Crippen LogP contribution in [0.4, 0.5) is 5.82 Å². The molecule has 0 aliphatic carbocycles. The van der Waals surface area contributed by atoms with Crippen molar-refractivity contribution < 1.29 is 0 Å². The maximum absolute atomic E-state index is 5.94. The molecule has 2 rings (SSSR count). The maximum atomic E-state index is 5.94. The van der Waals surface area contributed by atoms with Gasteiger partial charge in [-0.1, -0.05) is 23.2 Å². The third-order valence-electron chi connectivity index (χ3n) is 1.66. The van der Waals surface area contributed by atoms with Crippen LogP contribution in [0.5, 0.6) is 0 Å². The van der Waals surface area contributed by atoms with Gasteiger partial charge in [-0.05, 0) is 6.07 Å². The smallest absolute Gasteiger partial charge is 0.145 e. The molecule has 0 aliphatic heterocycles. The van der Waals surface area contributed by atoms with E-state index in [2.05, 4.69) is 15.2 Å². The Labute approximate surface area is 90.1 Å². The number of nitrogens with two attached hydrogens (primary N) is 1. The third-order valence-corrected chi connectivity index (χ3v) is 2.16. The van der Waals surface area contributed by atoms with Gasteiger partial charge in [-0.15, -0.1) is 0 Å². The van der Waals surface area contributed by atoms with E-state index in [1.807, 2.05) is 0 Å². The summed E-state index contributed by atoms with van der Waals surface area (Å²) in [5.74, 6) is 0.396. The highest BCUT2D eigenvalue weighted by Crippen LogP contribution is 2.26. The number of rotatable bonds is 1. The van der Waals surface area contributed by atoms with E-state index in [1.54, 1.807) is 12.1 Å². The highest BCUT2D eigenvalue weighted by Gasteiger charge is 2.08.